The van der Waals surface area contributed by atoms with E-state index in [0.29, 0.717) is 6.04 Å². The van der Waals surface area contributed by atoms with Crippen LogP contribution in [0.2, 0.25) is 0 Å². The number of nitrogens with one attached hydrogen (secondary N) is 1. The Labute approximate surface area is 96.1 Å². The van der Waals surface area contributed by atoms with Crippen molar-refractivity contribution < 1.29 is 0 Å². The fourth-order valence-corrected chi connectivity index (χ4v) is 3.06. The van der Waals surface area contributed by atoms with Gasteiger partial charge in [0.25, 0.3) is 0 Å². The van der Waals surface area contributed by atoms with Crippen molar-refractivity contribution in [3.8, 4) is 0 Å². The van der Waals surface area contributed by atoms with Gasteiger partial charge in [-0.2, -0.15) is 0 Å². The Balaban J connectivity index is 1.91. The molecule has 2 nitrogen and oxygen atoms in total. The quantitative estimate of drug-likeness (QED) is 0.849. The Morgan fingerprint density at radius 3 is 2.87 bits per heavy atom. The van der Waals surface area contributed by atoms with Crippen molar-refractivity contribution in [1.82, 2.24) is 10.3 Å². The van der Waals surface area contributed by atoms with E-state index >= 15 is 0 Å². The summed E-state index contributed by atoms with van der Waals surface area (Å²) in [5.74, 6) is 0. The van der Waals surface area contributed by atoms with Gasteiger partial charge in [-0.25, -0.2) is 4.98 Å². The van der Waals surface area contributed by atoms with Gasteiger partial charge in [-0.1, -0.05) is 19.8 Å². The van der Waals surface area contributed by atoms with Gasteiger partial charge in [0.05, 0.1) is 10.7 Å². The van der Waals surface area contributed by atoms with Crippen LogP contribution in [-0.4, -0.2) is 11.0 Å². The fraction of sp³-hybridized carbons (Fsp3) is 0.750. The van der Waals surface area contributed by atoms with E-state index < -0.39 is 0 Å². The summed E-state index contributed by atoms with van der Waals surface area (Å²) in [4.78, 5) is 4.63. The predicted octanol–water partition coefficient (Wildman–Crippen LogP) is 3.30. The normalized spacial score (nSPS) is 19.6. The molecule has 0 saturated heterocycles. The average molecular weight is 224 g/mol. The van der Waals surface area contributed by atoms with Crippen LogP contribution in [0.1, 0.15) is 56.3 Å². The molecule has 84 valence electrons. The van der Waals surface area contributed by atoms with Crippen molar-refractivity contribution >= 4 is 11.3 Å². The standard InChI is InChI=1S/C12H20N2S/c1-3-12-14-11(8-15-12)9(2)13-10-6-4-5-7-10/h8-10,13H,3-7H2,1-2H3. The molecular formula is C12H20N2S. The summed E-state index contributed by atoms with van der Waals surface area (Å²) >= 11 is 1.78. The molecule has 1 aliphatic carbocycles. The lowest BCUT2D eigenvalue weighted by Gasteiger charge is -2.17. The lowest BCUT2D eigenvalue weighted by Crippen LogP contribution is -2.29. The van der Waals surface area contributed by atoms with Crippen LogP contribution >= 0.6 is 11.3 Å². The highest BCUT2D eigenvalue weighted by atomic mass is 32.1. The third kappa shape index (κ3) is 2.79. The van der Waals surface area contributed by atoms with Crippen molar-refractivity contribution in [3.63, 3.8) is 0 Å². The number of thiazole rings is 1. The second kappa shape index (κ2) is 5.08. The van der Waals surface area contributed by atoms with Crippen LogP contribution in [0.15, 0.2) is 5.38 Å². The summed E-state index contributed by atoms with van der Waals surface area (Å²) in [6.07, 6.45) is 6.52. The van der Waals surface area contributed by atoms with E-state index in [1.54, 1.807) is 11.3 Å². The van der Waals surface area contributed by atoms with Crippen LogP contribution in [0.5, 0.6) is 0 Å². The third-order valence-corrected chi connectivity index (χ3v) is 4.17. The average Bonchev–Trinajstić information content (AvgIpc) is 2.86. The Morgan fingerprint density at radius 2 is 2.27 bits per heavy atom. The zero-order valence-electron chi connectivity index (χ0n) is 9.62. The molecular weight excluding hydrogens is 204 g/mol. The van der Waals surface area contributed by atoms with Crippen LogP contribution in [0.3, 0.4) is 0 Å². The molecule has 1 fully saturated rings. The summed E-state index contributed by atoms with van der Waals surface area (Å²) < 4.78 is 0. The SMILES string of the molecule is CCc1nc(C(C)NC2CCCC2)cs1. The first-order valence-electron chi connectivity index (χ1n) is 6.00. The summed E-state index contributed by atoms with van der Waals surface area (Å²) in [6.45, 7) is 4.39. The maximum Gasteiger partial charge on any atom is 0.0926 e. The first-order valence-corrected chi connectivity index (χ1v) is 6.88. The summed E-state index contributed by atoms with van der Waals surface area (Å²) in [5, 5.41) is 7.13. The molecule has 3 heteroatoms. The first kappa shape index (κ1) is 11.1. The zero-order valence-corrected chi connectivity index (χ0v) is 10.4. The smallest absolute Gasteiger partial charge is 0.0926 e. The minimum atomic E-state index is 0.421. The number of hydrogen-bond acceptors (Lipinski definition) is 3. The number of aromatic nitrogens is 1. The minimum Gasteiger partial charge on any atom is -0.306 e. The molecule has 1 aromatic heterocycles. The van der Waals surface area contributed by atoms with E-state index in [1.807, 2.05) is 0 Å². The topological polar surface area (TPSA) is 24.9 Å². The monoisotopic (exact) mass is 224 g/mol. The maximum atomic E-state index is 4.63. The first-order chi connectivity index (χ1) is 7.29. The minimum absolute atomic E-state index is 0.421. The van der Waals surface area contributed by atoms with Crippen molar-refractivity contribution in [2.24, 2.45) is 0 Å². The summed E-state index contributed by atoms with van der Waals surface area (Å²) in [7, 11) is 0. The van der Waals surface area contributed by atoms with Gasteiger partial charge in [-0.05, 0) is 26.2 Å². The van der Waals surface area contributed by atoms with Crippen molar-refractivity contribution in [3.05, 3.63) is 16.1 Å². The number of rotatable bonds is 4. The molecule has 1 heterocycles. The van der Waals surface area contributed by atoms with Gasteiger partial charge in [0.15, 0.2) is 0 Å². The van der Waals surface area contributed by atoms with E-state index in [-0.39, 0.29) is 0 Å². The van der Waals surface area contributed by atoms with Gasteiger partial charge in [-0.3, -0.25) is 0 Å². The van der Waals surface area contributed by atoms with Gasteiger partial charge in [-0.15, -0.1) is 11.3 Å². The van der Waals surface area contributed by atoms with Crippen LogP contribution in [-0.2, 0) is 6.42 Å². The molecule has 0 spiro atoms. The Kier molecular flexibility index (Phi) is 3.76. The third-order valence-electron chi connectivity index (χ3n) is 3.16. The van der Waals surface area contributed by atoms with E-state index in [2.05, 4.69) is 29.5 Å². The molecule has 0 amide bonds. The van der Waals surface area contributed by atoms with Crippen LogP contribution < -0.4 is 5.32 Å². The molecule has 1 atom stereocenters. The molecule has 1 N–H and O–H groups in total. The molecule has 0 bridgehead atoms. The fourth-order valence-electron chi connectivity index (χ4n) is 2.22. The largest absolute Gasteiger partial charge is 0.306 e. The Hall–Kier alpha value is -0.410. The second-order valence-corrected chi connectivity index (χ2v) is 5.33. The molecule has 0 radical (unpaired) electrons. The molecule has 2 rings (SSSR count). The van der Waals surface area contributed by atoms with Gasteiger partial charge in [0, 0.05) is 17.5 Å². The zero-order chi connectivity index (χ0) is 10.7. The molecule has 0 aromatic carbocycles. The molecule has 1 saturated carbocycles. The van der Waals surface area contributed by atoms with Gasteiger partial charge in [0.2, 0.25) is 0 Å². The van der Waals surface area contributed by atoms with Gasteiger partial charge in [0.1, 0.15) is 0 Å². The highest BCUT2D eigenvalue weighted by Crippen LogP contribution is 2.23. The molecule has 1 aliphatic rings. The summed E-state index contributed by atoms with van der Waals surface area (Å²) in [6, 6.07) is 1.15. The van der Waals surface area contributed by atoms with Crippen molar-refractivity contribution in [2.75, 3.05) is 0 Å². The van der Waals surface area contributed by atoms with E-state index in [4.69, 9.17) is 0 Å². The van der Waals surface area contributed by atoms with Gasteiger partial charge < -0.3 is 5.32 Å². The lowest BCUT2D eigenvalue weighted by molar-refractivity contribution is 0.455. The molecule has 1 aromatic rings. The van der Waals surface area contributed by atoms with E-state index in [1.165, 1.54) is 36.4 Å². The number of aryl methyl sites for hydroxylation is 1. The van der Waals surface area contributed by atoms with E-state index in [0.717, 1.165) is 12.5 Å². The second-order valence-electron chi connectivity index (χ2n) is 4.39. The maximum absolute atomic E-state index is 4.63. The van der Waals surface area contributed by atoms with Crippen molar-refractivity contribution in [1.29, 1.82) is 0 Å². The highest BCUT2D eigenvalue weighted by Gasteiger charge is 2.18. The van der Waals surface area contributed by atoms with Crippen molar-refractivity contribution in [2.45, 2.75) is 58.0 Å². The Morgan fingerprint density at radius 1 is 1.53 bits per heavy atom. The number of nitrogens with zero attached hydrogens (tertiary/aromatic N) is 1. The lowest BCUT2D eigenvalue weighted by atomic mass is 10.2. The van der Waals surface area contributed by atoms with Crippen LogP contribution in [0, 0.1) is 0 Å². The number of hydrogen-bond donors (Lipinski definition) is 1. The van der Waals surface area contributed by atoms with E-state index in [9.17, 15) is 0 Å². The van der Waals surface area contributed by atoms with Crippen LogP contribution in [0.4, 0.5) is 0 Å². The highest BCUT2D eigenvalue weighted by molar-refractivity contribution is 7.09. The van der Waals surface area contributed by atoms with Crippen LogP contribution in [0.25, 0.3) is 0 Å². The summed E-state index contributed by atoms with van der Waals surface area (Å²) in [5.41, 5.74) is 1.23. The van der Waals surface area contributed by atoms with Gasteiger partial charge >= 0.3 is 0 Å². The molecule has 0 aliphatic heterocycles. The molecule has 1 unspecified atom stereocenters. The predicted molar refractivity (Wildman–Crippen MR) is 65.3 cm³/mol. The molecule has 15 heavy (non-hydrogen) atoms. The Bertz CT molecular complexity index is 302.